The monoisotopic (exact) mass is 912 g/mol. The molecule has 0 heterocycles. The van der Waals surface area contributed by atoms with Crippen LogP contribution in [0.15, 0.2) is 115 Å². The van der Waals surface area contributed by atoms with Crippen LogP contribution >= 0.6 is 0 Å². The number of halogens is 6. The third-order valence-electron chi connectivity index (χ3n) is 11.2. The molecule has 0 amide bonds. The first-order valence-corrected chi connectivity index (χ1v) is 22.3. The minimum atomic E-state index is -5.23. The van der Waals surface area contributed by atoms with E-state index in [-0.39, 0.29) is 44.6 Å². The van der Waals surface area contributed by atoms with Gasteiger partial charge in [-0.3, -0.25) is 0 Å². The summed E-state index contributed by atoms with van der Waals surface area (Å²) in [7, 11) is -0.0110. The molecule has 9 heteroatoms. The summed E-state index contributed by atoms with van der Waals surface area (Å²) in [4.78, 5) is 0. The number of allylic oxidation sites excluding steroid dienone is 1. The topological polar surface area (TPSA) is 9.23 Å². The van der Waals surface area contributed by atoms with E-state index in [2.05, 4.69) is 110 Å². The van der Waals surface area contributed by atoms with E-state index < -0.39 is 43.6 Å². The van der Waals surface area contributed by atoms with Crippen LogP contribution in [0, 0.1) is 14.4 Å². The van der Waals surface area contributed by atoms with Crippen LogP contribution in [0.3, 0.4) is 0 Å². The third kappa shape index (κ3) is 9.84. The van der Waals surface area contributed by atoms with Gasteiger partial charge in [-0.05, 0) is 40.3 Å². The number of fused-ring (bicyclic) bond motifs is 2. The summed E-state index contributed by atoms with van der Waals surface area (Å²) in [5, 5.41) is 2.46. The predicted molar refractivity (Wildman–Crippen MR) is 236 cm³/mol. The molecule has 0 saturated carbocycles. The summed E-state index contributed by atoms with van der Waals surface area (Å²) in [6.07, 6.45) is -1.21. The van der Waals surface area contributed by atoms with Crippen molar-refractivity contribution >= 4 is 36.4 Å². The van der Waals surface area contributed by atoms with Crippen molar-refractivity contribution in [2.45, 2.75) is 83.2 Å². The van der Waals surface area contributed by atoms with Crippen LogP contribution in [0.4, 0.5) is 26.3 Å². The van der Waals surface area contributed by atoms with Gasteiger partial charge >= 0.3 is 38.6 Å². The van der Waals surface area contributed by atoms with Crippen molar-refractivity contribution in [3.05, 3.63) is 163 Å². The second kappa shape index (κ2) is 20.2. The van der Waals surface area contributed by atoms with Crippen molar-refractivity contribution in [3.8, 4) is 28.0 Å². The summed E-state index contributed by atoms with van der Waals surface area (Å²) in [6, 6.07) is 37.0. The van der Waals surface area contributed by atoms with Crippen LogP contribution in [0.1, 0.15) is 79.3 Å². The third-order valence-corrected chi connectivity index (χ3v) is 12.8. The Labute approximate surface area is 373 Å². The Balaban J connectivity index is 0.000000256. The van der Waals surface area contributed by atoms with E-state index in [1.807, 2.05) is 19.1 Å². The van der Waals surface area contributed by atoms with Crippen molar-refractivity contribution in [2.75, 3.05) is 7.11 Å². The fourth-order valence-electron chi connectivity index (χ4n) is 8.56. The molecule has 0 spiro atoms. The van der Waals surface area contributed by atoms with Crippen molar-refractivity contribution < 1.29 is 57.3 Å². The average Bonchev–Trinajstić information content (AvgIpc) is 3.74. The zero-order valence-electron chi connectivity index (χ0n) is 35.2. The van der Waals surface area contributed by atoms with Gasteiger partial charge in [0, 0.05) is 8.80 Å². The second-order valence-electron chi connectivity index (χ2n) is 15.2. The Hall–Kier alpha value is -4.07. The van der Waals surface area contributed by atoms with Crippen LogP contribution in [-0.2, 0) is 50.4 Å². The van der Waals surface area contributed by atoms with Crippen LogP contribution in [0.2, 0.25) is 13.1 Å². The molecule has 6 aromatic rings. The van der Waals surface area contributed by atoms with Crippen molar-refractivity contribution in [1.29, 1.82) is 0 Å². The van der Waals surface area contributed by atoms with Gasteiger partial charge in [-0.25, -0.2) is 0 Å². The Bertz CT molecular complexity index is 2390. The number of unbranched alkanes of at least 4 members (excludes halogenated alkanes) is 3. The Kier molecular flexibility index (Phi) is 16.4. The fraction of sp³-hybridized carbons (Fsp3) is 0.275. The first-order valence-electron chi connectivity index (χ1n) is 19.8. The molecule has 6 aromatic carbocycles. The maximum atomic E-state index is 14.0. The number of benzene rings is 5. The van der Waals surface area contributed by atoms with Gasteiger partial charge in [0.2, 0.25) is 0 Å². The van der Waals surface area contributed by atoms with E-state index in [4.69, 9.17) is 6.92 Å². The minimum Gasteiger partial charge on any atom is -0.496 e. The van der Waals surface area contributed by atoms with E-state index in [9.17, 15) is 26.3 Å². The van der Waals surface area contributed by atoms with Crippen molar-refractivity contribution in [2.24, 2.45) is 0 Å². The standard InChI is InChI=1S/C28H29.C22H20F6OSi.CH3.Zr/c1-3-4-5-13-20-28(2)26-19-12-9-16-23(26)21-27(28)25-18-11-10-17-24(25)22-14-7-6-8-15-22;1-5-12-11-16-13(7-6-8-15(16)20(12)30(3)4)14-9-10-17(29-2)19(22(26,27)28)18(14)21(23,24)25;;/h6-12,14-19,21H,2-5,13,20H2,1H3;6-11H,5H2,1-4H3;1H3;/q3*-1;+3. The Morgan fingerprint density at radius 1 is 0.683 bits per heavy atom. The minimum absolute atomic E-state index is 0. The number of hydrogen-bond acceptors (Lipinski definition) is 1. The number of methoxy groups -OCH3 is 1. The van der Waals surface area contributed by atoms with Crippen LogP contribution in [0.5, 0.6) is 5.75 Å². The molecule has 2 radical (unpaired) electrons. The van der Waals surface area contributed by atoms with E-state index in [1.165, 1.54) is 65.1 Å². The zero-order valence-corrected chi connectivity index (χ0v) is 38.6. The van der Waals surface area contributed by atoms with E-state index >= 15 is 0 Å². The molecule has 1 atom stereocenters. The predicted octanol–water partition coefficient (Wildman–Crippen LogP) is 15.2. The van der Waals surface area contributed by atoms with E-state index in [0.29, 0.717) is 11.8 Å². The average molecular weight is 914 g/mol. The van der Waals surface area contributed by atoms with Gasteiger partial charge in [-0.15, -0.1) is 39.1 Å². The Morgan fingerprint density at radius 2 is 1.30 bits per heavy atom. The summed E-state index contributed by atoms with van der Waals surface area (Å²) >= 11 is 0. The molecule has 312 valence electrons. The van der Waals surface area contributed by atoms with Gasteiger partial charge < -0.3 is 19.1 Å². The van der Waals surface area contributed by atoms with E-state index in [0.717, 1.165) is 41.8 Å². The molecular formula is C51H52F6OSiZr. The molecular weight excluding hydrogens is 862 g/mol. The smallest absolute Gasteiger partial charge is 0.496 e. The first-order chi connectivity index (χ1) is 27.6. The summed E-state index contributed by atoms with van der Waals surface area (Å²) in [6.45, 7) is 13.2. The van der Waals surface area contributed by atoms with Gasteiger partial charge in [0.15, 0.2) is 0 Å². The van der Waals surface area contributed by atoms with Gasteiger partial charge in [0.1, 0.15) is 11.3 Å². The number of alkyl halides is 6. The fourth-order valence-corrected chi connectivity index (χ4v) is 10.2. The van der Waals surface area contributed by atoms with Gasteiger partial charge in [0.05, 0.1) is 12.7 Å². The molecule has 0 N–H and O–H groups in total. The van der Waals surface area contributed by atoms with Crippen LogP contribution in [-0.4, -0.2) is 15.9 Å². The molecule has 1 aliphatic carbocycles. The van der Waals surface area contributed by atoms with Crippen LogP contribution in [0.25, 0.3) is 44.7 Å². The SMILES string of the molecule is CCc1cc2c(-c3ccc(OC)c(C(F)(F)F)c3C(F)(F)F)cccc2[c-]1[Si](C)C.[CH2-]C1(CCCCCC)C(c2ccccc2-c2ccccc2)=Cc2ccccc21.[CH3-].[Zr+3]. The number of rotatable bonds is 11. The zero-order chi connectivity index (χ0) is 41.8. The number of ether oxygens (including phenoxy) is 1. The maximum absolute atomic E-state index is 14.0. The normalized spacial score (nSPS) is 14.8. The van der Waals surface area contributed by atoms with Gasteiger partial charge in [0.25, 0.3) is 0 Å². The molecule has 1 unspecified atom stereocenters. The number of hydrogen-bond donors (Lipinski definition) is 0. The molecule has 0 aromatic heterocycles. The Morgan fingerprint density at radius 3 is 1.92 bits per heavy atom. The van der Waals surface area contributed by atoms with Gasteiger partial charge in [-0.1, -0.05) is 173 Å². The first kappa shape index (κ1) is 48.6. The largest absolute Gasteiger partial charge is 3.00 e. The van der Waals surface area contributed by atoms with Gasteiger partial charge in [-0.2, -0.15) is 32.4 Å². The van der Waals surface area contributed by atoms with Crippen LogP contribution < -0.4 is 9.92 Å². The number of aryl methyl sites for hydroxylation is 1. The second-order valence-corrected chi connectivity index (χ2v) is 17.7. The quantitative estimate of drug-likeness (QED) is 0.0545. The summed E-state index contributed by atoms with van der Waals surface area (Å²) < 4.78 is 87.6. The summed E-state index contributed by atoms with van der Waals surface area (Å²) in [5.74, 6) is -0.851. The molecule has 0 saturated heterocycles. The summed E-state index contributed by atoms with van der Waals surface area (Å²) in [5.41, 5.74) is 4.91. The van der Waals surface area contributed by atoms with Crippen molar-refractivity contribution in [3.63, 3.8) is 0 Å². The molecule has 0 aliphatic heterocycles. The molecule has 60 heavy (non-hydrogen) atoms. The molecule has 1 aliphatic rings. The maximum Gasteiger partial charge on any atom is 3.00 e. The molecule has 0 fully saturated rings. The van der Waals surface area contributed by atoms with E-state index in [1.54, 1.807) is 6.07 Å². The molecule has 0 bridgehead atoms. The van der Waals surface area contributed by atoms with Crippen molar-refractivity contribution in [1.82, 2.24) is 0 Å². The molecule has 7 rings (SSSR count). The molecule has 1 nitrogen and oxygen atoms in total.